The molecule has 0 radical (unpaired) electrons. The second-order valence-electron chi connectivity index (χ2n) is 9.29. The van der Waals surface area contributed by atoms with Crippen LogP contribution in [0.15, 0.2) is 47.3 Å². The monoisotopic (exact) mass is 578 g/mol. The first-order valence-corrected chi connectivity index (χ1v) is 12.6. The molecular weight excluding hydrogens is 559 g/mol. The number of rotatable bonds is 4. The van der Waals surface area contributed by atoms with Crippen LogP contribution in [-0.4, -0.2) is 49.7 Å². The standard InChI is InChI=1S/C24H21BrCl2N4O4/c1-23(2)34-18-22(31-7-6-14-19(26)28-11-29-21(14)31)33-17(24(18,3)35-23)10-32-13-5-4-12-8-15(25)20(27)30-16(12)9-13/h4-9,11,17-18,22H,10H2,1-3H3/t17-,18+,22-,24-/m1/s1. The number of hydrogen-bond acceptors (Lipinski definition) is 7. The number of fused-ring (bicyclic) bond motifs is 3. The summed E-state index contributed by atoms with van der Waals surface area (Å²) in [5.74, 6) is -0.133. The highest BCUT2D eigenvalue weighted by Gasteiger charge is 2.64. The van der Waals surface area contributed by atoms with Crippen molar-refractivity contribution in [2.24, 2.45) is 0 Å². The lowest BCUT2D eigenvalue weighted by Gasteiger charge is -2.29. The van der Waals surface area contributed by atoms with Crippen LogP contribution in [0.2, 0.25) is 10.3 Å². The average molecular weight is 580 g/mol. The summed E-state index contributed by atoms with van der Waals surface area (Å²) in [6.45, 7) is 6.03. The molecule has 4 atom stereocenters. The van der Waals surface area contributed by atoms with Gasteiger partial charge >= 0.3 is 0 Å². The molecule has 2 saturated heterocycles. The van der Waals surface area contributed by atoms with Gasteiger partial charge < -0.3 is 23.5 Å². The molecule has 2 aliphatic heterocycles. The Morgan fingerprint density at radius 2 is 1.94 bits per heavy atom. The highest BCUT2D eigenvalue weighted by Crippen LogP contribution is 2.51. The van der Waals surface area contributed by atoms with Crippen LogP contribution in [0.4, 0.5) is 0 Å². The van der Waals surface area contributed by atoms with E-state index in [0.717, 1.165) is 20.8 Å². The normalized spacial score (nSPS) is 27.5. The lowest BCUT2D eigenvalue weighted by molar-refractivity contribution is -0.213. The molecule has 4 aromatic rings. The summed E-state index contributed by atoms with van der Waals surface area (Å²) in [6.07, 6.45) is 2.00. The molecule has 0 amide bonds. The van der Waals surface area contributed by atoms with Crippen molar-refractivity contribution in [2.45, 2.75) is 50.6 Å². The molecule has 0 unspecified atom stereocenters. The molecule has 0 saturated carbocycles. The Hall–Kier alpha value is -2.01. The zero-order chi connectivity index (χ0) is 24.5. The quantitative estimate of drug-likeness (QED) is 0.219. The smallest absolute Gasteiger partial charge is 0.165 e. The molecule has 35 heavy (non-hydrogen) atoms. The number of halogens is 3. The fourth-order valence-electron chi connectivity index (χ4n) is 4.92. The Morgan fingerprint density at radius 3 is 2.77 bits per heavy atom. The fourth-order valence-corrected chi connectivity index (χ4v) is 5.59. The van der Waals surface area contributed by atoms with Gasteiger partial charge in [-0.05, 0) is 61.0 Å². The molecule has 2 aliphatic rings. The maximum Gasteiger partial charge on any atom is 0.165 e. The summed E-state index contributed by atoms with van der Waals surface area (Å²) < 4.78 is 28.0. The van der Waals surface area contributed by atoms with Gasteiger partial charge in [-0.3, -0.25) is 0 Å². The van der Waals surface area contributed by atoms with Gasteiger partial charge in [-0.2, -0.15) is 0 Å². The maximum absolute atomic E-state index is 6.50. The molecule has 3 aromatic heterocycles. The van der Waals surface area contributed by atoms with Crippen molar-refractivity contribution < 1.29 is 18.9 Å². The lowest BCUT2D eigenvalue weighted by atomic mass is 9.95. The predicted octanol–water partition coefficient (Wildman–Crippen LogP) is 5.94. The lowest BCUT2D eigenvalue weighted by Crippen LogP contribution is -2.46. The molecule has 2 fully saturated rings. The summed E-state index contributed by atoms with van der Waals surface area (Å²) in [5, 5.41) is 2.47. The first-order valence-electron chi connectivity index (χ1n) is 11.0. The van der Waals surface area contributed by atoms with Gasteiger partial charge in [0.25, 0.3) is 0 Å². The van der Waals surface area contributed by atoms with Crippen LogP contribution in [0.5, 0.6) is 5.75 Å². The third-order valence-corrected chi connectivity index (χ3v) is 7.90. The summed E-state index contributed by atoms with van der Waals surface area (Å²) in [7, 11) is 0. The van der Waals surface area contributed by atoms with Gasteiger partial charge in [0.05, 0.1) is 15.4 Å². The van der Waals surface area contributed by atoms with Crippen molar-refractivity contribution in [3.05, 3.63) is 57.6 Å². The second-order valence-corrected chi connectivity index (χ2v) is 10.9. The van der Waals surface area contributed by atoms with E-state index >= 15 is 0 Å². The van der Waals surface area contributed by atoms with Crippen molar-refractivity contribution in [3.8, 4) is 5.75 Å². The highest BCUT2D eigenvalue weighted by atomic mass is 79.9. The van der Waals surface area contributed by atoms with Gasteiger partial charge in [-0.15, -0.1) is 0 Å². The number of ether oxygens (including phenoxy) is 4. The molecule has 11 heteroatoms. The third-order valence-electron chi connectivity index (χ3n) is 6.48. The van der Waals surface area contributed by atoms with E-state index in [1.54, 1.807) is 0 Å². The second kappa shape index (κ2) is 8.26. The van der Waals surface area contributed by atoms with Gasteiger partial charge in [0.2, 0.25) is 0 Å². The Bertz CT molecular complexity index is 1460. The van der Waals surface area contributed by atoms with E-state index in [4.69, 9.17) is 42.1 Å². The van der Waals surface area contributed by atoms with Crippen LogP contribution in [0.1, 0.15) is 27.0 Å². The van der Waals surface area contributed by atoms with Crippen LogP contribution in [0.3, 0.4) is 0 Å². The topological polar surface area (TPSA) is 80.5 Å². The van der Waals surface area contributed by atoms with Crippen molar-refractivity contribution in [1.29, 1.82) is 0 Å². The molecule has 6 rings (SSSR count). The molecule has 182 valence electrons. The Balaban J connectivity index is 1.30. The molecule has 1 aromatic carbocycles. The van der Waals surface area contributed by atoms with Crippen LogP contribution in [-0.2, 0) is 14.2 Å². The first kappa shape index (κ1) is 23.4. The molecule has 0 N–H and O–H groups in total. The number of aromatic nitrogens is 4. The van der Waals surface area contributed by atoms with Gasteiger partial charge in [0.1, 0.15) is 52.4 Å². The van der Waals surface area contributed by atoms with E-state index in [9.17, 15) is 0 Å². The summed E-state index contributed by atoms with van der Waals surface area (Å²) in [6, 6.07) is 9.48. The minimum absolute atomic E-state index is 0.244. The van der Waals surface area contributed by atoms with E-state index in [2.05, 4.69) is 30.9 Å². The van der Waals surface area contributed by atoms with Gasteiger partial charge in [0.15, 0.2) is 12.0 Å². The number of hydrogen-bond donors (Lipinski definition) is 0. The molecule has 5 heterocycles. The zero-order valence-electron chi connectivity index (χ0n) is 19.0. The summed E-state index contributed by atoms with van der Waals surface area (Å²) in [5.41, 5.74) is 0.642. The highest BCUT2D eigenvalue weighted by molar-refractivity contribution is 9.10. The largest absolute Gasteiger partial charge is 0.491 e. The van der Waals surface area contributed by atoms with E-state index < -0.39 is 29.8 Å². The van der Waals surface area contributed by atoms with Gasteiger partial charge in [-0.25, -0.2) is 15.0 Å². The molecule has 0 spiro atoms. The Kier molecular flexibility index (Phi) is 5.52. The molecule has 8 nitrogen and oxygen atoms in total. The van der Waals surface area contributed by atoms with Crippen LogP contribution in [0.25, 0.3) is 21.9 Å². The number of nitrogens with zero attached hydrogens (tertiary/aromatic N) is 4. The Morgan fingerprint density at radius 1 is 1.11 bits per heavy atom. The minimum atomic E-state index is -0.785. The molecular formula is C24H21BrCl2N4O4. The van der Waals surface area contributed by atoms with Crippen molar-refractivity contribution >= 4 is 61.1 Å². The zero-order valence-corrected chi connectivity index (χ0v) is 22.1. The van der Waals surface area contributed by atoms with Crippen molar-refractivity contribution in [3.63, 3.8) is 0 Å². The SMILES string of the molecule is CC1(C)O[C@H]2[C@H](n3ccc4c(Cl)ncnc43)O[C@H](COc3ccc4cc(Br)c(Cl)nc4c3)[C@@]2(C)O1. The number of benzene rings is 1. The van der Waals surface area contributed by atoms with Gasteiger partial charge in [-0.1, -0.05) is 23.2 Å². The molecule has 0 aliphatic carbocycles. The third kappa shape index (κ3) is 3.89. The van der Waals surface area contributed by atoms with E-state index in [-0.39, 0.29) is 6.61 Å². The van der Waals surface area contributed by atoms with Crippen LogP contribution in [0, 0.1) is 0 Å². The minimum Gasteiger partial charge on any atom is -0.491 e. The summed E-state index contributed by atoms with van der Waals surface area (Å²) >= 11 is 15.9. The van der Waals surface area contributed by atoms with Crippen molar-refractivity contribution in [1.82, 2.24) is 19.5 Å². The van der Waals surface area contributed by atoms with Gasteiger partial charge in [0, 0.05) is 17.6 Å². The Labute approximate surface area is 219 Å². The first-order chi connectivity index (χ1) is 16.6. The molecule has 0 bridgehead atoms. The van der Waals surface area contributed by atoms with E-state index in [1.807, 2.05) is 61.9 Å². The fraction of sp³-hybridized carbons (Fsp3) is 0.375. The average Bonchev–Trinajstić information content (AvgIpc) is 3.41. The number of pyridine rings is 1. The van der Waals surface area contributed by atoms with E-state index in [0.29, 0.717) is 21.7 Å². The van der Waals surface area contributed by atoms with E-state index in [1.165, 1.54) is 6.33 Å². The summed E-state index contributed by atoms with van der Waals surface area (Å²) in [4.78, 5) is 12.9. The maximum atomic E-state index is 6.50. The predicted molar refractivity (Wildman–Crippen MR) is 135 cm³/mol. The van der Waals surface area contributed by atoms with Crippen molar-refractivity contribution in [2.75, 3.05) is 6.61 Å². The van der Waals surface area contributed by atoms with Crippen LogP contribution < -0.4 is 4.74 Å². The van der Waals surface area contributed by atoms with Crippen LogP contribution >= 0.6 is 39.1 Å².